The molecule has 1 aromatic rings. The predicted octanol–water partition coefficient (Wildman–Crippen LogP) is 0.868. The second-order valence-electron chi connectivity index (χ2n) is 4.09. The van der Waals surface area contributed by atoms with Gasteiger partial charge in [0.15, 0.2) is 5.41 Å². The Kier molecular flexibility index (Phi) is 4.85. The molecule has 1 aromatic carbocycles. The molecule has 0 aliphatic carbocycles. The van der Waals surface area contributed by atoms with Gasteiger partial charge in [0.05, 0.1) is 7.11 Å². The maximum absolute atomic E-state index is 11.9. The zero-order chi connectivity index (χ0) is 13.6. The highest BCUT2D eigenvalue weighted by atomic mass is 16.6. The summed E-state index contributed by atoms with van der Waals surface area (Å²) in [4.78, 5) is 23.4. The minimum absolute atomic E-state index is 0.103. The molecule has 0 heterocycles. The molecule has 0 aromatic heterocycles. The van der Waals surface area contributed by atoms with Gasteiger partial charge in [0.2, 0.25) is 0 Å². The van der Waals surface area contributed by atoms with Gasteiger partial charge < -0.3 is 15.2 Å². The van der Waals surface area contributed by atoms with E-state index in [1.54, 1.807) is 0 Å². The number of carbonyl (C=O) groups excluding carboxylic acids is 2. The van der Waals surface area contributed by atoms with Crippen LogP contribution in [0.15, 0.2) is 30.3 Å². The average Bonchev–Trinajstić information content (AvgIpc) is 2.43. The number of nitrogens with two attached hydrogens (primary N) is 1. The van der Waals surface area contributed by atoms with Gasteiger partial charge in [-0.2, -0.15) is 0 Å². The largest absolute Gasteiger partial charge is 0.468 e. The minimum atomic E-state index is -1.45. The van der Waals surface area contributed by atoms with E-state index in [4.69, 9.17) is 10.5 Å². The van der Waals surface area contributed by atoms with Gasteiger partial charge in [-0.05, 0) is 12.5 Å². The molecule has 0 amide bonds. The summed E-state index contributed by atoms with van der Waals surface area (Å²) < 4.78 is 9.65. The summed E-state index contributed by atoms with van der Waals surface area (Å²) in [6.45, 7) is 1.35. The number of hydrogen-bond donors (Lipinski definition) is 1. The first-order valence-electron chi connectivity index (χ1n) is 5.54. The maximum atomic E-state index is 11.9. The number of carbonyl (C=O) groups is 2. The lowest BCUT2D eigenvalue weighted by molar-refractivity contribution is -0.169. The van der Waals surface area contributed by atoms with Crippen molar-refractivity contribution >= 4 is 11.9 Å². The zero-order valence-corrected chi connectivity index (χ0v) is 10.5. The number of hydrogen-bond acceptors (Lipinski definition) is 5. The van der Waals surface area contributed by atoms with Crippen LogP contribution in [0, 0.1) is 5.41 Å². The van der Waals surface area contributed by atoms with Crippen LogP contribution in [-0.2, 0) is 25.7 Å². The maximum Gasteiger partial charge on any atom is 0.324 e. The van der Waals surface area contributed by atoms with Crippen LogP contribution in [0.2, 0.25) is 0 Å². The van der Waals surface area contributed by atoms with Gasteiger partial charge in [-0.15, -0.1) is 0 Å². The topological polar surface area (TPSA) is 78.6 Å². The summed E-state index contributed by atoms with van der Waals surface area (Å²) in [6, 6.07) is 9.19. The highest BCUT2D eigenvalue weighted by Gasteiger charge is 2.42. The van der Waals surface area contributed by atoms with E-state index in [0.29, 0.717) is 0 Å². The molecular formula is C13H17NO4. The third kappa shape index (κ3) is 3.07. The molecule has 18 heavy (non-hydrogen) atoms. The van der Waals surface area contributed by atoms with Gasteiger partial charge in [0.25, 0.3) is 0 Å². The smallest absolute Gasteiger partial charge is 0.324 e. The van der Waals surface area contributed by atoms with Crippen molar-refractivity contribution in [2.75, 3.05) is 13.7 Å². The molecule has 0 aliphatic rings. The molecule has 0 spiro atoms. The minimum Gasteiger partial charge on any atom is -0.468 e. The SMILES string of the molecule is COC(=O)C(C)(CN)C(=O)OCc1ccccc1. The third-order valence-electron chi connectivity index (χ3n) is 2.71. The Morgan fingerprint density at radius 2 is 1.83 bits per heavy atom. The fourth-order valence-corrected chi connectivity index (χ4v) is 1.36. The van der Waals surface area contributed by atoms with Gasteiger partial charge in [0.1, 0.15) is 6.61 Å². The quantitative estimate of drug-likeness (QED) is 0.620. The normalized spacial score (nSPS) is 13.5. The van der Waals surface area contributed by atoms with E-state index in [9.17, 15) is 9.59 Å². The average molecular weight is 251 g/mol. The van der Waals surface area contributed by atoms with Crippen LogP contribution < -0.4 is 5.73 Å². The van der Waals surface area contributed by atoms with Crippen LogP contribution in [-0.4, -0.2) is 25.6 Å². The Morgan fingerprint density at radius 1 is 1.22 bits per heavy atom. The van der Waals surface area contributed by atoms with Crippen molar-refractivity contribution in [1.29, 1.82) is 0 Å². The van der Waals surface area contributed by atoms with E-state index in [1.165, 1.54) is 14.0 Å². The third-order valence-corrected chi connectivity index (χ3v) is 2.71. The molecule has 0 saturated carbocycles. The molecule has 0 bridgehead atoms. The molecule has 2 N–H and O–H groups in total. The van der Waals surface area contributed by atoms with Crippen LogP contribution in [0.5, 0.6) is 0 Å². The Bertz CT molecular complexity index is 418. The van der Waals surface area contributed by atoms with Gasteiger partial charge in [-0.1, -0.05) is 30.3 Å². The van der Waals surface area contributed by atoms with Crippen molar-refractivity contribution in [3.63, 3.8) is 0 Å². The number of rotatable bonds is 5. The number of benzene rings is 1. The first-order valence-corrected chi connectivity index (χ1v) is 5.54. The molecule has 1 unspecified atom stereocenters. The van der Waals surface area contributed by atoms with Crippen LogP contribution in [0.1, 0.15) is 12.5 Å². The van der Waals surface area contributed by atoms with Gasteiger partial charge in [0, 0.05) is 6.54 Å². The second kappa shape index (κ2) is 6.16. The van der Waals surface area contributed by atoms with Crippen molar-refractivity contribution < 1.29 is 19.1 Å². The Morgan fingerprint density at radius 3 is 2.33 bits per heavy atom. The lowest BCUT2D eigenvalue weighted by Gasteiger charge is -2.22. The molecule has 98 valence electrons. The van der Waals surface area contributed by atoms with Crippen molar-refractivity contribution in [2.45, 2.75) is 13.5 Å². The molecule has 5 nitrogen and oxygen atoms in total. The second-order valence-corrected chi connectivity index (χ2v) is 4.09. The summed E-state index contributed by atoms with van der Waals surface area (Å²) in [5.74, 6) is -1.37. The van der Waals surface area contributed by atoms with Crippen LogP contribution in [0.3, 0.4) is 0 Å². The lowest BCUT2D eigenvalue weighted by atomic mass is 9.91. The molecule has 0 aliphatic heterocycles. The van der Waals surface area contributed by atoms with Crippen LogP contribution in [0.25, 0.3) is 0 Å². The molecular weight excluding hydrogens is 234 g/mol. The Hall–Kier alpha value is -1.88. The number of ether oxygens (including phenoxy) is 2. The van der Waals surface area contributed by atoms with E-state index in [2.05, 4.69) is 4.74 Å². The molecule has 0 saturated heterocycles. The number of esters is 2. The van der Waals surface area contributed by atoms with E-state index >= 15 is 0 Å². The van der Waals surface area contributed by atoms with Gasteiger partial charge >= 0.3 is 11.9 Å². The summed E-state index contributed by atoms with van der Waals surface area (Å²) in [5, 5.41) is 0. The van der Waals surface area contributed by atoms with Crippen molar-refractivity contribution in [1.82, 2.24) is 0 Å². The molecule has 5 heteroatoms. The van der Waals surface area contributed by atoms with Gasteiger partial charge in [-0.25, -0.2) is 0 Å². The number of methoxy groups -OCH3 is 1. The van der Waals surface area contributed by atoms with Crippen molar-refractivity contribution in [3.8, 4) is 0 Å². The first-order chi connectivity index (χ1) is 8.54. The standard InChI is InChI=1S/C13H17NO4/c1-13(9-14,11(15)17-2)12(16)18-8-10-6-4-3-5-7-10/h3-7H,8-9,14H2,1-2H3. The summed E-state index contributed by atoms with van der Waals surface area (Å²) >= 11 is 0. The molecule has 1 atom stereocenters. The van der Waals surface area contributed by atoms with E-state index in [1.807, 2.05) is 30.3 Å². The van der Waals surface area contributed by atoms with Crippen LogP contribution in [0.4, 0.5) is 0 Å². The highest BCUT2D eigenvalue weighted by Crippen LogP contribution is 2.19. The van der Waals surface area contributed by atoms with Gasteiger partial charge in [-0.3, -0.25) is 9.59 Å². The fourth-order valence-electron chi connectivity index (χ4n) is 1.36. The lowest BCUT2D eigenvalue weighted by Crippen LogP contribution is -2.44. The van der Waals surface area contributed by atoms with Crippen molar-refractivity contribution in [3.05, 3.63) is 35.9 Å². The van der Waals surface area contributed by atoms with E-state index < -0.39 is 17.4 Å². The van der Waals surface area contributed by atoms with Crippen LogP contribution >= 0.6 is 0 Å². The first kappa shape index (κ1) is 14.2. The monoisotopic (exact) mass is 251 g/mol. The van der Waals surface area contributed by atoms with E-state index in [-0.39, 0.29) is 13.2 Å². The molecule has 1 rings (SSSR count). The Labute approximate surface area is 106 Å². The highest BCUT2D eigenvalue weighted by molar-refractivity contribution is 5.99. The van der Waals surface area contributed by atoms with Crippen molar-refractivity contribution in [2.24, 2.45) is 11.1 Å². The zero-order valence-electron chi connectivity index (χ0n) is 10.5. The Balaban J connectivity index is 2.67. The summed E-state index contributed by atoms with van der Waals surface area (Å²) in [7, 11) is 1.21. The molecule has 0 radical (unpaired) electrons. The molecule has 0 fully saturated rings. The predicted molar refractivity (Wildman–Crippen MR) is 65.4 cm³/mol. The summed E-state index contributed by atoms with van der Waals surface area (Å²) in [5.41, 5.74) is 4.84. The van der Waals surface area contributed by atoms with E-state index in [0.717, 1.165) is 5.56 Å². The fraction of sp³-hybridized carbons (Fsp3) is 0.385. The summed E-state index contributed by atoms with van der Waals surface area (Å²) in [6.07, 6.45) is 0.